The third-order valence-corrected chi connectivity index (χ3v) is 7.58. The molecule has 178 valence electrons. The van der Waals surface area contributed by atoms with Crippen molar-refractivity contribution in [3.63, 3.8) is 0 Å². The maximum Gasteiger partial charge on any atom is 0.296 e. The van der Waals surface area contributed by atoms with Crippen LogP contribution in [0.4, 0.5) is 9.52 Å². The molecule has 0 aliphatic carbocycles. The maximum atomic E-state index is 14.0. The summed E-state index contributed by atoms with van der Waals surface area (Å²) < 4.78 is 21.0. The molecule has 3 aromatic heterocycles. The van der Waals surface area contributed by atoms with E-state index in [2.05, 4.69) is 25.9 Å². The first kappa shape index (κ1) is 22.8. The molecule has 0 saturated carbocycles. The summed E-state index contributed by atoms with van der Waals surface area (Å²) >= 11 is 10.3. The van der Waals surface area contributed by atoms with Gasteiger partial charge in [0.15, 0.2) is 16.7 Å². The molecule has 1 amide bonds. The molecule has 4 heterocycles. The number of Topliss-reactive ketones (excluding diaryl/α,β-unsaturated/α-hetero) is 1. The molecule has 0 fully saturated rings. The highest BCUT2D eigenvalue weighted by molar-refractivity contribution is 9.10. The van der Waals surface area contributed by atoms with Crippen molar-refractivity contribution < 1.29 is 23.5 Å². The SMILES string of the molecule is O=C(C1=C(O)C(=O)N(c2nc3cc(Cl)c(F)cc3s2)C1c1cccnc1)c1cc2cc(Br)ccc2o1. The van der Waals surface area contributed by atoms with E-state index >= 15 is 0 Å². The van der Waals surface area contributed by atoms with Crippen LogP contribution < -0.4 is 4.90 Å². The van der Waals surface area contributed by atoms with Crippen LogP contribution in [0.2, 0.25) is 5.02 Å². The van der Waals surface area contributed by atoms with Crippen LogP contribution in [0.1, 0.15) is 22.2 Å². The number of carbonyl (C=O) groups excluding carboxylic acids is 2. The minimum absolute atomic E-state index is 0.0358. The summed E-state index contributed by atoms with van der Waals surface area (Å²) in [4.78, 5) is 36.8. The molecule has 1 aliphatic heterocycles. The molecule has 2 aromatic carbocycles. The van der Waals surface area contributed by atoms with E-state index < -0.39 is 29.3 Å². The molecule has 11 heteroatoms. The summed E-state index contributed by atoms with van der Waals surface area (Å²) in [7, 11) is 0. The average molecular weight is 585 g/mol. The molecule has 0 spiro atoms. The Bertz CT molecular complexity index is 1710. The van der Waals surface area contributed by atoms with Gasteiger partial charge in [-0.3, -0.25) is 19.5 Å². The van der Waals surface area contributed by atoms with Crippen LogP contribution in [0.15, 0.2) is 81.1 Å². The van der Waals surface area contributed by atoms with Crippen molar-refractivity contribution in [1.82, 2.24) is 9.97 Å². The number of benzene rings is 2. The Morgan fingerprint density at radius 1 is 1.22 bits per heavy atom. The summed E-state index contributed by atoms with van der Waals surface area (Å²) in [5.41, 5.74) is 1.15. The zero-order chi connectivity index (χ0) is 25.1. The number of aromatic nitrogens is 2. The van der Waals surface area contributed by atoms with Crippen LogP contribution in [0, 0.1) is 5.82 Å². The number of hydrogen-bond donors (Lipinski definition) is 1. The molecule has 6 rings (SSSR count). The van der Waals surface area contributed by atoms with Gasteiger partial charge in [0.25, 0.3) is 5.91 Å². The molecule has 0 radical (unpaired) electrons. The number of halogens is 3. The van der Waals surface area contributed by atoms with Crippen molar-refractivity contribution in [3.8, 4) is 0 Å². The fraction of sp³-hybridized carbons (Fsp3) is 0.0400. The smallest absolute Gasteiger partial charge is 0.296 e. The van der Waals surface area contributed by atoms with Gasteiger partial charge in [-0.1, -0.05) is 44.9 Å². The standard InChI is InChI=1S/C25H12BrClFN3O4S/c26-13-3-4-17-12(6-13)7-18(35-17)22(32)20-21(11-2-1-5-29-10-11)31(24(34)23(20)33)25-30-16-8-14(27)15(28)9-19(16)36-25/h1-10,21,33H. The first-order chi connectivity index (χ1) is 17.3. The highest BCUT2D eigenvalue weighted by atomic mass is 79.9. The number of thiazole rings is 1. The number of anilines is 1. The predicted octanol–water partition coefficient (Wildman–Crippen LogP) is 6.78. The second-order valence-corrected chi connectivity index (χ2v) is 10.3. The number of aliphatic hydroxyl groups excluding tert-OH is 1. The number of hydrogen-bond acceptors (Lipinski definition) is 7. The summed E-state index contributed by atoms with van der Waals surface area (Å²) in [5, 5.41) is 11.7. The van der Waals surface area contributed by atoms with E-state index in [-0.39, 0.29) is 21.5 Å². The molecule has 0 saturated heterocycles. The Morgan fingerprint density at radius 2 is 2.06 bits per heavy atom. The summed E-state index contributed by atoms with van der Waals surface area (Å²) in [6, 6.07) is 11.7. The lowest BCUT2D eigenvalue weighted by atomic mass is 9.96. The quantitative estimate of drug-likeness (QED) is 0.234. The van der Waals surface area contributed by atoms with Gasteiger partial charge in [0.2, 0.25) is 5.78 Å². The lowest BCUT2D eigenvalue weighted by molar-refractivity contribution is -0.117. The minimum atomic E-state index is -1.04. The van der Waals surface area contributed by atoms with Gasteiger partial charge in [-0.2, -0.15) is 0 Å². The van der Waals surface area contributed by atoms with Crippen LogP contribution in [0.3, 0.4) is 0 Å². The van der Waals surface area contributed by atoms with Crippen LogP contribution in [0.25, 0.3) is 21.2 Å². The van der Waals surface area contributed by atoms with Gasteiger partial charge in [-0.15, -0.1) is 0 Å². The normalized spacial score (nSPS) is 16.0. The largest absolute Gasteiger partial charge is 0.503 e. The predicted molar refractivity (Wildman–Crippen MR) is 137 cm³/mol. The van der Waals surface area contributed by atoms with E-state index in [0.717, 1.165) is 15.8 Å². The first-order valence-electron chi connectivity index (χ1n) is 10.5. The van der Waals surface area contributed by atoms with Crippen molar-refractivity contribution in [2.45, 2.75) is 6.04 Å². The van der Waals surface area contributed by atoms with Gasteiger partial charge in [0.05, 0.1) is 26.9 Å². The number of nitrogens with zero attached hydrogens (tertiary/aromatic N) is 3. The van der Waals surface area contributed by atoms with E-state index in [0.29, 0.717) is 26.7 Å². The molecular weight excluding hydrogens is 573 g/mol. The second kappa shape index (κ2) is 8.51. The zero-order valence-corrected chi connectivity index (χ0v) is 21.1. The van der Waals surface area contributed by atoms with E-state index in [1.807, 2.05) is 0 Å². The molecule has 1 N–H and O–H groups in total. The number of aliphatic hydroxyl groups is 1. The molecule has 0 bridgehead atoms. The molecule has 5 aromatic rings. The van der Waals surface area contributed by atoms with Crippen molar-refractivity contribution in [2.24, 2.45) is 0 Å². The maximum absolute atomic E-state index is 14.0. The van der Waals surface area contributed by atoms with Crippen molar-refractivity contribution in [3.05, 3.63) is 98.9 Å². The fourth-order valence-corrected chi connectivity index (χ4v) is 5.70. The number of carbonyl (C=O) groups is 2. The van der Waals surface area contributed by atoms with Gasteiger partial charge in [-0.25, -0.2) is 9.37 Å². The summed E-state index contributed by atoms with van der Waals surface area (Å²) in [6.45, 7) is 0. The number of furan rings is 1. The third kappa shape index (κ3) is 3.60. The summed E-state index contributed by atoms with van der Waals surface area (Å²) in [6.07, 6.45) is 3.05. The zero-order valence-electron chi connectivity index (χ0n) is 17.9. The van der Waals surface area contributed by atoms with E-state index in [4.69, 9.17) is 16.0 Å². The Morgan fingerprint density at radius 3 is 2.83 bits per heavy atom. The highest BCUT2D eigenvalue weighted by Gasteiger charge is 2.46. The molecule has 1 atom stereocenters. The number of pyridine rings is 1. The van der Waals surface area contributed by atoms with E-state index in [9.17, 15) is 19.1 Å². The molecule has 7 nitrogen and oxygen atoms in total. The van der Waals surface area contributed by atoms with Crippen molar-refractivity contribution >= 4 is 76.9 Å². The van der Waals surface area contributed by atoms with E-state index in [1.54, 1.807) is 42.6 Å². The number of ketones is 1. The van der Waals surface area contributed by atoms with Crippen molar-refractivity contribution in [1.29, 1.82) is 0 Å². The lowest BCUT2D eigenvalue weighted by Crippen LogP contribution is -2.31. The topological polar surface area (TPSA) is 96.5 Å². The Labute approximate surface area is 219 Å². The number of fused-ring (bicyclic) bond motifs is 2. The molecular formula is C25H12BrClFN3O4S. The van der Waals surface area contributed by atoms with Gasteiger partial charge < -0.3 is 9.52 Å². The summed E-state index contributed by atoms with van der Waals surface area (Å²) in [5.74, 6) is -2.86. The molecule has 1 aliphatic rings. The highest BCUT2D eigenvalue weighted by Crippen LogP contribution is 2.44. The number of rotatable bonds is 4. The third-order valence-electron chi connectivity index (χ3n) is 5.78. The average Bonchev–Trinajstić information content (AvgIpc) is 3.53. The first-order valence-corrected chi connectivity index (χ1v) is 12.5. The van der Waals surface area contributed by atoms with Crippen LogP contribution >= 0.6 is 38.9 Å². The second-order valence-electron chi connectivity index (χ2n) is 7.98. The van der Waals surface area contributed by atoms with Gasteiger partial charge in [-0.05, 0) is 48.0 Å². The Hall–Kier alpha value is -3.60. The van der Waals surface area contributed by atoms with Crippen LogP contribution in [0.5, 0.6) is 0 Å². The fourth-order valence-electron chi connectivity index (χ4n) is 4.16. The Kier molecular flexibility index (Phi) is 5.40. The van der Waals surface area contributed by atoms with Gasteiger partial charge in [0.1, 0.15) is 11.4 Å². The molecule has 1 unspecified atom stereocenters. The lowest BCUT2D eigenvalue weighted by Gasteiger charge is -2.23. The minimum Gasteiger partial charge on any atom is -0.503 e. The van der Waals surface area contributed by atoms with Gasteiger partial charge >= 0.3 is 0 Å². The van der Waals surface area contributed by atoms with E-state index in [1.165, 1.54) is 23.2 Å². The molecule has 36 heavy (non-hydrogen) atoms. The van der Waals surface area contributed by atoms with Crippen LogP contribution in [-0.4, -0.2) is 26.8 Å². The van der Waals surface area contributed by atoms with Crippen LogP contribution in [-0.2, 0) is 4.79 Å². The number of amides is 1. The Balaban J connectivity index is 1.50. The van der Waals surface area contributed by atoms with Crippen molar-refractivity contribution in [2.75, 3.05) is 4.90 Å². The monoisotopic (exact) mass is 583 g/mol. The van der Waals surface area contributed by atoms with Gasteiger partial charge in [0, 0.05) is 22.3 Å².